The minimum Gasteiger partial charge on any atom is -0.376 e. The van der Waals surface area contributed by atoms with E-state index < -0.39 is 0 Å². The van der Waals surface area contributed by atoms with Gasteiger partial charge in [-0.2, -0.15) is 0 Å². The van der Waals surface area contributed by atoms with E-state index in [1.165, 1.54) is 5.69 Å². The maximum Gasteiger partial charge on any atom is 0.0821 e. The van der Waals surface area contributed by atoms with Gasteiger partial charge in [0, 0.05) is 38.9 Å². The van der Waals surface area contributed by atoms with Crippen LogP contribution in [0.1, 0.15) is 6.42 Å². The summed E-state index contributed by atoms with van der Waals surface area (Å²) in [6, 6.07) is 4.14. The molecular weight excluding hydrogens is 254 g/mol. The zero-order valence-corrected chi connectivity index (χ0v) is 11.9. The highest BCUT2D eigenvalue weighted by atomic mass is 16.6. The van der Waals surface area contributed by atoms with Gasteiger partial charge in [-0.25, -0.2) is 0 Å². The number of hydrogen-bond acceptors (Lipinski definition) is 5. The third-order valence-electron chi connectivity index (χ3n) is 4.04. The molecule has 0 radical (unpaired) electrons. The average Bonchev–Trinajstić information content (AvgIpc) is 2.55. The average molecular weight is 277 g/mol. The molecular formula is C15H23N3O2. The van der Waals surface area contributed by atoms with Crippen molar-refractivity contribution >= 4 is 5.69 Å². The molecule has 5 heteroatoms. The highest BCUT2D eigenvalue weighted by molar-refractivity contribution is 5.43. The van der Waals surface area contributed by atoms with Crippen LogP contribution < -0.4 is 4.90 Å². The van der Waals surface area contributed by atoms with Crippen molar-refractivity contribution in [3.63, 3.8) is 0 Å². The molecule has 0 spiro atoms. The van der Waals surface area contributed by atoms with Crippen molar-refractivity contribution in [1.29, 1.82) is 0 Å². The molecule has 0 bridgehead atoms. The molecule has 0 aliphatic carbocycles. The van der Waals surface area contributed by atoms with Gasteiger partial charge in [0.25, 0.3) is 0 Å². The van der Waals surface area contributed by atoms with Gasteiger partial charge in [0.1, 0.15) is 0 Å². The third-order valence-corrected chi connectivity index (χ3v) is 4.04. The van der Waals surface area contributed by atoms with Crippen LogP contribution in [0.2, 0.25) is 0 Å². The Kier molecular flexibility index (Phi) is 4.84. The van der Waals surface area contributed by atoms with Crippen LogP contribution in [0.15, 0.2) is 24.5 Å². The van der Waals surface area contributed by atoms with Crippen LogP contribution >= 0.6 is 0 Å². The van der Waals surface area contributed by atoms with Crippen LogP contribution in [-0.4, -0.2) is 68.5 Å². The fourth-order valence-electron chi connectivity index (χ4n) is 2.80. The van der Waals surface area contributed by atoms with E-state index in [0.29, 0.717) is 6.10 Å². The predicted octanol–water partition coefficient (Wildman–Crippen LogP) is 1.01. The van der Waals surface area contributed by atoms with Crippen molar-refractivity contribution in [3.05, 3.63) is 24.5 Å². The molecule has 2 fully saturated rings. The number of piperazine rings is 1. The quantitative estimate of drug-likeness (QED) is 0.821. The van der Waals surface area contributed by atoms with Gasteiger partial charge in [-0.15, -0.1) is 0 Å². The lowest BCUT2D eigenvalue weighted by molar-refractivity contribution is -0.0927. The molecule has 0 N–H and O–H groups in total. The van der Waals surface area contributed by atoms with Crippen molar-refractivity contribution in [1.82, 2.24) is 9.88 Å². The molecule has 2 saturated heterocycles. The molecule has 20 heavy (non-hydrogen) atoms. The lowest BCUT2D eigenvalue weighted by Crippen LogP contribution is -2.47. The molecule has 110 valence electrons. The Bertz CT molecular complexity index is 387. The summed E-state index contributed by atoms with van der Waals surface area (Å²) < 4.78 is 11.1. The molecule has 0 saturated carbocycles. The molecule has 2 aliphatic heterocycles. The van der Waals surface area contributed by atoms with E-state index in [1.807, 2.05) is 18.5 Å². The van der Waals surface area contributed by atoms with Crippen LogP contribution in [0, 0.1) is 0 Å². The first-order valence-corrected chi connectivity index (χ1v) is 7.48. The molecule has 3 rings (SSSR count). The van der Waals surface area contributed by atoms with Crippen molar-refractivity contribution < 1.29 is 9.47 Å². The van der Waals surface area contributed by atoms with Gasteiger partial charge in [-0.05, 0) is 18.6 Å². The Hall–Kier alpha value is -1.17. The Morgan fingerprint density at radius 3 is 2.80 bits per heavy atom. The summed E-state index contributed by atoms with van der Waals surface area (Å²) in [6.07, 6.45) is 5.14. The summed E-state index contributed by atoms with van der Waals surface area (Å²) in [6.45, 7) is 7.75. The van der Waals surface area contributed by atoms with Gasteiger partial charge in [0.15, 0.2) is 0 Å². The molecule has 1 aromatic heterocycles. The summed E-state index contributed by atoms with van der Waals surface area (Å²) in [7, 11) is 0. The van der Waals surface area contributed by atoms with Gasteiger partial charge in [0.2, 0.25) is 0 Å². The SMILES string of the molecule is c1cncc(N2CCN(CCC3COCCO3)CC2)c1. The van der Waals surface area contributed by atoms with Crippen molar-refractivity contribution in [2.75, 3.05) is 57.4 Å². The number of rotatable bonds is 4. The molecule has 1 aromatic rings. The van der Waals surface area contributed by atoms with Crippen LogP contribution in [0.3, 0.4) is 0 Å². The van der Waals surface area contributed by atoms with E-state index in [1.54, 1.807) is 0 Å². The maximum absolute atomic E-state index is 5.69. The van der Waals surface area contributed by atoms with Gasteiger partial charge in [-0.3, -0.25) is 9.88 Å². The second-order valence-corrected chi connectivity index (χ2v) is 5.40. The summed E-state index contributed by atoms with van der Waals surface area (Å²) >= 11 is 0. The monoisotopic (exact) mass is 277 g/mol. The Morgan fingerprint density at radius 1 is 1.20 bits per heavy atom. The highest BCUT2D eigenvalue weighted by Gasteiger charge is 2.20. The number of pyridine rings is 1. The minimum absolute atomic E-state index is 0.292. The van der Waals surface area contributed by atoms with Crippen LogP contribution in [0.25, 0.3) is 0 Å². The largest absolute Gasteiger partial charge is 0.376 e. The normalized spacial score (nSPS) is 24.8. The lowest BCUT2D eigenvalue weighted by atomic mass is 10.2. The topological polar surface area (TPSA) is 37.8 Å². The first-order valence-electron chi connectivity index (χ1n) is 7.48. The first-order chi connectivity index (χ1) is 9.92. The fourth-order valence-corrected chi connectivity index (χ4v) is 2.80. The number of nitrogens with zero attached hydrogens (tertiary/aromatic N) is 3. The molecule has 3 heterocycles. The van der Waals surface area contributed by atoms with Gasteiger partial charge >= 0.3 is 0 Å². The van der Waals surface area contributed by atoms with E-state index >= 15 is 0 Å². The van der Waals surface area contributed by atoms with Crippen molar-refractivity contribution in [2.45, 2.75) is 12.5 Å². The van der Waals surface area contributed by atoms with Gasteiger partial charge in [0.05, 0.1) is 37.8 Å². The fraction of sp³-hybridized carbons (Fsp3) is 0.667. The zero-order valence-electron chi connectivity index (χ0n) is 11.9. The van der Waals surface area contributed by atoms with Crippen molar-refractivity contribution in [3.8, 4) is 0 Å². The zero-order chi connectivity index (χ0) is 13.6. The highest BCUT2D eigenvalue weighted by Crippen LogP contribution is 2.15. The standard InChI is InChI=1S/C15H23N3O2/c1-2-14(12-16-4-1)18-8-6-17(7-9-18)5-3-15-13-19-10-11-20-15/h1-2,4,12,15H,3,5-11,13H2. The molecule has 2 aliphatic rings. The lowest BCUT2D eigenvalue weighted by Gasteiger charge is -2.36. The Morgan fingerprint density at radius 2 is 2.10 bits per heavy atom. The summed E-state index contributed by atoms with van der Waals surface area (Å²) in [5.74, 6) is 0. The van der Waals surface area contributed by atoms with E-state index in [9.17, 15) is 0 Å². The first kappa shape index (κ1) is 13.8. The van der Waals surface area contributed by atoms with Crippen LogP contribution in [-0.2, 0) is 9.47 Å². The van der Waals surface area contributed by atoms with Crippen LogP contribution in [0.4, 0.5) is 5.69 Å². The van der Waals surface area contributed by atoms with Crippen LogP contribution in [0.5, 0.6) is 0 Å². The van der Waals surface area contributed by atoms with Crippen molar-refractivity contribution in [2.24, 2.45) is 0 Å². The second-order valence-electron chi connectivity index (χ2n) is 5.40. The molecule has 1 atom stereocenters. The second kappa shape index (κ2) is 7.02. The number of ether oxygens (including phenoxy) is 2. The maximum atomic E-state index is 5.69. The molecule has 1 unspecified atom stereocenters. The van der Waals surface area contributed by atoms with Gasteiger partial charge < -0.3 is 14.4 Å². The molecule has 5 nitrogen and oxygen atoms in total. The summed E-state index contributed by atoms with van der Waals surface area (Å²) in [5.41, 5.74) is 1.23. The minimum atomic E-state index is 0.292. The van der Waals surface area contributed by atoms with E-state index in [2.05, 4.69) is 20.9 Å². The smallest absolute Gasteiger partial charge is 0.0821 e. The Labute approximate surface area is 120 Å². The number of anilines is 1. The van der Waals surface area contributed by atoms with E-state index in [-0.39, 0.29) is 0 Å². The third kappa shape index (κ3) is 3.69. The predicted molar refractivity (Wildman–Crippen MR) is 78.1 cm³/mol. The molecule has 0 amide bonds. The summed E-state index contributed by atoms with van der Waals surface area (Å²) in [4.78, 5) is 9.12. The Balaban J connectivity index is 1.40. The van der Waals surface area contributed by atoms with Gasteiger partial charge in [-0.1, -0.05) is 0 Å². The number of aromatic nitrogens is 1. The molecule has 0 aromatic carbocycles. The van der Waals surface area contributed by atoms with E-state index in [0.717, 1.165) is 59.0 Å². The number of hydrogen-bond donors (Lipinski definition) is 0. The van der Waals surface area contributed by atoms with E-state index in [4.69, 9.17) is 9.47 Å². The summed E-state index contributed by atoms with van der Waals surface area (Å²) in [5, 5.41) is 0.